The highest BCUT2D eigenvalue weighted by molar-refractivity contribution is 7.99. The lowest BCUT2D eigenvalue weighted by Crippen LogP contribution is -2.35. The maximum atomic E-state index is 12.1. The molecule has 2 heterocycles. The number of benzene rings is 1. The lowest BCUT2D eigenvalue weighted by molar-refractivity contribution is -0.642. The molecule has 1 N–H and O–H groups in total. The molecule has 0 aliphatic heterocycles. The van der Waals surface area contributed by atoms with Crippen molar-refractivity contribution in [1.29, 1.82) is 0 Å². The van der Waals surface area contributed by atoms with Gasteiger partial charge in [-0.15, -0.1) is 0 Å². The first-order valence-electron chi connectivity index (χ1n) is 7.47. The van der Waals surface area contributed by atoms with E-state index in [-0.39, 0.29) is 11.7 Å². The monoisotopic (exact) mass is 372 g/mol. The first kappa shape index (κ1) is 17.3. The number of aryl methyl sites for hydroxylation is 1. The Morgan fingerprint density at radius 3 is 2.88 bits per heavy atom. The first-order valence-corrected chi connectivity index (χ1v) is 8.83. The number of nitrogens with zero attached hydrogens (tertiary/aromatic N) is 4. The van der Waals surface area contributed by atoms with E-state index in [1.54, 1.807) is 35.3 Å². The topological polar surface area (TPSA) is 71.7 Å². The van der Waals surface area contributed by atoms with Crippen LogP contribution in [-0.2, 0) is 4.79 Å². The van der Waals surface area contributed by atoms with E-state index in [1.807, 2.05) is 31.2 Å². The number of para-hydroxylation sites is 1. The molecule has 1 amide bonds. The Labute approximate surface area is 154 Å². The van der Waals surface area contributed by atoms with Gasteiger partial charge in [-0.3, -0.25) is 4.79 Å². The van der Waals surface area contributed by atoms with Gasteiger partial charge in [0.25, 0.3) is 0 Å². The molecule has 0 fully saturated rings. The third-order valence-electron chi connectivity index (χ3n) is 3.25. The Balaban J connectivity index is 1.70. The Morgan fingerprint density at radius 1 is 1.28 bits per heavy atom. The first-order chi connectivity index (χ1) is 12.1. The van der Waals surface area contributed by atoms with Gasteiger partial charge in [-0.25, -0.2) is 4.98 Å². The van der Waals surface area contributed by atoms with E-state index in [9.17, 15) is 4.79 Å². The molecule has 0 saturated heterocycles. The van der Waals surface area contributed by atoms with E-state index in [1.165, 1.54) is 11.8 Å². The summed E-state index contributed by atoms with van der Waals surface area (Å²) in [6.45, 7) is 1.94. The Morgan fingerprint density at radius 2 is 2.12 bits per heavy atom. The predicted molar refractivity (Wildman–Crippen MR) is 96.9 cm³/mol. The van der Waals surface area contributed by atoms with Gasteiger partial charge in [-0.1, -0.05) is 29.8 Å². The highest BCUT2D eigenvalue weighted by Crippen LogP contribution is 2.18. The van der Waals surface area contributed by atoms with Crippen molar-refractivity contribution in [2.75, 3.05) is 11.1 Å². The summed E-state index contributed by atoms with van der Waals surface area (Å²) in [6, 6.07) is 11.1. The molecule has 0 spiro atoms. The van der Waals surface area contributed by atoms with Crippen molar-refractivity contribution < 1.29 is 9.36 Å². The van der Waals surface area contributed by atoms with Gasteiger partial charge in [0.15, 0.2) is 5.69 Å². The molecule has 1 aromatic carbocycles. The Bertz CT molecular complexity index is 888. The van der Waals surface area contributed by atoms with E-state index in [4.69, 9.17) is 11.6 Å². The van der Waals surface area contributed by atoms with Crippen LogP contribution in [0, 0.1) is 6.92 Å². The number of carbonyl (C=O) groups excluding carboxylic acids is 1. The molecule has 0 bridgehead atoms. The maximum absolute atomic E-state index is 12.1. The average molecular weight is 373 g/mol. The predicted octanol–water partition coefficient (Wildman–Crippen LogP) is 2.84. The molecule has 0 aliphatic carbocycles. The average Bonchev–Trinajstić information content (AvgIpc) is 2.63. The molecule has 8 heteroatoms. The van der Waals surface area contributed by atoms with Gasteiger partial charge < -0.3 is 5.32 Å². The van der Waals surface area contributed by atoms with E-state index in [0.717, 1.165) is 11.3 Å². The highest BCUT2D eigenvalue weighted by Gasteiger charge is 2.19. The maximum Gasteiger partial charge on any atom is 0.391 e. The molecule has 0 aliphatic rings. The standard InChI is InChI=1S/C17H14ClN5OS/c1-12-6-7-15(19-10-12)21-16(24)11-25-17-22-20-8-9-23(17)14-5-3-2-4-13(14)18/h2-10H,11H2,1H3/p+1. The van der Waals surface area contributed by atoms with Crippen molar-refractivity contribution in [2.24, 2.45) is 0 Å². The van der Waals surface area contributed by atoms with Crippen molar-refractivity contribution in [2.45, 2.75) is 12.1 Å². The lowest BCUT2D eigenvalue weighted by atomic mass is 10.3. The molecule has 0 saturated carbocycles. The molecule has 2 aromatic heterocycles. The normalized spacial score (nSPS) is 10.5. The van der Waals surface area contributed by atoms with Crippen LogP contribution in [0.4, 0.5) is 5.82 Å². The third-order valence-corrected chi connectivity index (χ3v) is 4.52. The van der Waals surface area contributed by atoms with Crippen molar-refractivity contribution in [3.8, 4) is 5.69 Å². The quantitative estimate of drug-likeness (QED) is 0.550. The molecule has 0 radical (unpaired) electrons. The van der Waals surface area contributed by atoms with Crippen LogP contribution in [0.25, 0.3) is 5.69 Å². The molecular formula is C17H15ClN5OS+. The van der Waals surface area contributed by atoms with Crippen molar-refractivity contribution in [3.63, 3.8) is 0 Å². The summed E-state index contributed by atoms with van der Waals surface area (Å²) in [6.07, 6.45) is 5.04. The van der Waals surface area contributed by atoms with E-state index >= 15 is 0 Å². The number of pyridine rings is 1. The summed E-state index contributed by atoms with van der Waals surface area (Å²) in [4.78, 5) is 16.3. The van der Waals surface area contributed by atoms with E-state index in [0.29, 0.717) is 16.0 Å². The minimum absolute atomic E-state index is 0.169. The Hall–Kier alpha value is -2.51. The zero-order chi connectivity index (χ0) is 17.6. The number of rotatable bonds is 5. The van der Waals surface area contributed by atoms with Crippen LogP contribution in [0.5, 0.6) is 0 Å². The summed E-state index contributed by atoms with van der Waals surface area (Å²) in [5.41, 5.74) is 1.81. The zero-order valence-electron chi connectivity index (χ0n) is 13.4. The van der Waals surface area contributed by atoms with Crippen LogP contribution >= 0.6 is 23.4 Å². The van der Waals surface area contributed by atoms with Crippen LogP contribution in [0.3, 0.4) is 0 Å². The fourth-order valence-electron chi connectivity index (χ4n) is 2.07. The summed E-state index contributed by atoms with van der Waals surface area (Å²) in [5.74, 6) is 0.533. The number of thioether (sulfide) groups is 1. The van der Waals surface area contributed by atoms with Gasteiger partial charge in [0.1, 0.15) is 18.2 Å². The van der Waals surface area contributed by atoms with Crippen molar-refractivity contribution in [1.82, 2.24) is 15.2 Å². The summed E-state index contributed by atoms with van der Waals surface area (Å²) in [7, 11) is 0. The number of amides is 1. The molecule has 126 valence electrons. The smallest absolute Gasteiger partial charge is 0.310 e. The van der Waals surface area contributed by atoms with Gasteiger partial charge >= 0.3 is 5.16 Å². The number of anilines is 1. The lowest BCUT2D eigenvalue weighted by Gasteiger charge is -2.05. The van der Waals surface area contributed by atoms with E-state index in [2.05, 4.69) is 20.5 Å². The Kier molecular flexibility index (Phi) is 5.57. The van der Waals surface area contributed by atoms with Crippen LogP contribution in [0.15, 0.2) is 60.1 Å². The summed E-state index contributed by atoms with van der Waals surface area (Å²) >= 11 is 7.52. The summed E-state index contributed by atoms with van der Waals surface area (Å²) in [5, 5.41) is 11.9. The van der Waals surface area contributed by atoms with Gasteiger partial charge in [-0.2, -0.15) is 4.57 Å². The fraction of sp³-hybridized carbons (Fsp3) is 0.118. The zero-order valence-corrected chi connectivity index (χ0v) is 15.0. The molecule has 3 aromatic rings. The van der Waals surface area contributed by atoms with Crippen molar-refractivity contribution >= 4 is 35.1 Å². The van der Waals surface area contributed by atoms with E-state index < -0.39 is 0 Å². The minimum atomic E-state index is -0.169. The van der Waals surface area contributed by atoms with Gasteiger partial charge in [-0.05, 0) is 47.5 Å². The fourth-order valence-corrected chi connectivity index (χ4v) is 3.03. The number of hydrogen-bond donors (Lipinski definition) is 1. The molecule has 6 nitrogen and oxygen atoms in total. The SMILES string of the molecule is Cc1ccc(NC(=O)CSc2nncc[n+]2-c2ccccc2Cl)nc1. The minimum Gasteiger partial charge on any atom is -0.310 e. The van der Waals surface area contributed by atoms with Gasteiger partial charge in [0, 0.05) is 6.20 Å². The van der Waals surface area contributed by atoms with Crippen LogP contribution in [0.1, 0.15) is 5.56 Å². The van der Waals surface area contributed by atoms with Crippen LogP contribution in [0.2, 0.25) is 5.02 Å². The van der Waals surface area contributed by atoms with Crippen molar-refractivity contribution in [3.05, 3.63) is 65.6 Å². The number of carbonyl (C=O) groups is 1. The number of aromatic nitrogens is 4. The van der Waals surface area contributed by atoms with Crippen LogP contribution in [-0.4, -0.2) is 26.8 Å². The molecule has 25 heavy (non-hydrogen) atoms. The number of halogens is 1. The second-order valence-corrected chi connectivity index (χ2v) is 6.52. The number of nitrogens with one attached hydrogen (secondary N) is 1. The third kappa shape index (κ3) is 4.52. The van der Waals surface area contributed by atoms with Gasteiger partial charge in [0.2, 0.25) is 5.91 Å². The van der Waals surface area contributed by atoms with Gasteiger partial charge in [0.05, 0.1) is 15.9 Å². The molecule has 0 atom stereocenters. The largest absolute Gasteiger partial charge is 0.391 e. The number of hydrogen-bond acceptors (Lipinski definition) is 5. The van der Waals surface area contributed by atoms with Crippen LogP contribution < -0.4 is 9.88 Å². The highest BCUT2D eigenvalue weighted by atomic mass is 35.5. The molecule has 0 unspecified atom stereocenters. The second kappa shape index (κ2) is 8.04. The second-order valence-electron chi connectivity index (χ2n) is 5.18. The molecule has 3 rings (SSSR count). The molecular weight excluding hydrogens is 358 g/mol. The summed E-state index contributed by atoms with van der Waals surface area (Å²) < 4.78 is 1.80.